The zero-order valence-corrected chi connectivity index (χ0v) is 11.0. The summed E-state index contributed by atoms with van der Waals surface area (Å²) in [5.41, 5.74) is 3.44. The number of carbonyl (C=O) groups excluding carboxylic acids is 1. The van der Waals surface area contributed by atoms with Gasteiger partial charge in [-0.05, 0) is 36.2 Å². The number of rotatable bonds is 3. The van der Waals surface area contributed by atoms with Gasteiger partial charge in [-0.1, -0.05) is 32.1 Å². The van der Waals surface area contributed by atoms with Crippen LogP contribution in [0.1, 0.15) is 25.8 Å². The van der Waals surface area contributed by atoms with Crippen LogP contribution < -0.4 is 10.6 Å². The second kappa shape index (κ2) is 5.83. The van der Waals surface area contributed by atoms with Crippen molar-refractivity contribution in [3.05, 3.63) is 35.9 Å². The van der Waals surface area contributed by atoms with Crippen LogP contribution in [0.25, 0.3) is 5.57 Å². The van der Waals surface area contributed by atoms with Crippen LogP contribution in [0.15, 0.2) is 30.3 Å². The maximum absolute atomic E-state index is 11.7. The molecule has 1 amide bonds. The van der Waals surface area contributed by atoms with E-state index in [1.165, 1.54) is 11.1 Å². The predicted octanol–water partition coefficient (Wildman–Crippen LogP) is 2.66. The van der Waals surface area contributed by atoms with E-state index in [1.807, 2.05) is 26.0 Å². The van der Waals surface area contributed by atoms with Gasteiger partial charge in [0, 0.05) is 18.2 Å². The Bertz CT molecular complexity index is 463. The van der Waals surface area contributed by atoms with Gasteiger partial charge in [-0.15, -0.1) is 0 Å². The van der Waals surface area contributed by atoms with Crippen molar-refractivity contribution < 1.29 is 4.79 Å². The first-order valence-electron chi connectivity index (χ1n) is 6.48. The van der Waals surface area contributed by atoms with Crippen LogP contribution in [-0.4, -0.2) is 19.0 Å². The van der Waals surface area contributed by atoms with Gasteiger partial charge in [-0.2, -0.15) is 0 Å². The molecule has 2 N–H and O–H groups in total. The summed E-state index contributed by atoms with van der Waals surface area (Å²) in [7, 11) is 0. The van der Waals surface area contributed by atoms with E-state index in [2.05, 4.69) is 28.8 Å². The molecule has 1 aliphatic rings. The molecular formula is C15H20N2O. The molecule has 3 nitrogen and oxygen atoms in total. The van der Waals surface area contributed by atoms with E-state index in [1.54, 1.807) is 0 Å². The van der Waals surface area contributed by atoms with Gasteiger partial charge in [-0.25, -0.2) is 0 Å². The van der Waals surface area contributed by atoms with E-state index in [0.717, 1.165) is 25.2 Å². The van der Waals surface area contributed by atoms with Crippen molar-refractivity contribution in [2.45, 2.75) is 20.3 Å². The Hall–Kier alpha value is -1.61. The van der Waals surface area contributed by atoms with E-state index in [4.69, 9.17) is 0 Å². The number of anilines is 1. The fourth-order valence-electron chi connectivity index (χ4n) is 1.97. The third kappa shape index (κ3) is 3.20. The van der Waals surface area contributed by atoms with Crippen LogP contribution in [-0.2, 0) is 4.79 Å². The highest BCUT2D eigenvalue weighted by atomic mass is 16.1. The van der Waals surface area contributed by atoms with E-state index in [-0.39, 0.29) is 11.8 Å². The molecule has 0 bridgehead atoms. The van der Waals surface area contributed by atoms with Gasteiger partial charge < -0.3 is 10.6 Å². The van der Waals surface area contributed by atoms with Gasteiger partial charge in [0.05, 0.1) is 0 Å². The molecule has 0 fully saturated rings. The minimum Gasteiger partial charge on any atom is -0.326 e. The molecule has 18 heavy (non-hydrogen) atoms. The maximum Gasteiger partial charge on any atom is 0.226 e. The van der Waals surface area contributed by atoms with Gasteiger partial charge in [0.2, 0.25) is 5.91 Å². The lowest BCUT2D eigenvalue weighted by molar-refractivity contribution is -0.118. The Kier molecular flexibility index (Phi) is 4.15. The zero-order chi connectivity index (χ0) is 13.0. The first-order valence-corrected chi connectivity index (χ1v) is 6.48. The van der Waals surface area contributed by atoms with Crippen LogP contribution >= 0.6 is 0 Å². The minimum absolute atomic E-state index is 0.00625. The Labute approximate surface area is 108 Å². The summed E-state index contributed by atoms with van der Waals surface area (Å²) in [6, 6.07) is 8.08. The van der Waals surface area contributed by atoms with Crippen molar-refractivity contribution in [2.75, 3.05) is 18.4 Å². The maximum atomic E-state index is 11.7. The van der Waals surface area contributed by atoms with E-state index in [9.17, 15) is 4.79 Å². The lowest BCUT2D eigenvalue weighted by Gasteiger charge is -2.15. The van der Waals surface area contributed by atoms with Crippen LogP contribution in [0, 0.1) is 5.92 Å². The summed E-state index contributed by atoms with van der Waals surface area (Å²) >= 11 is 0. The summed E-state index contributed by atoms with van der Waals surface area (Å²) in [6.45, 7) is 5.75. The summed E-state index contributed by atoms with van der Waals surface area (Å²) in [5.74, 6) is 0.0678. The number of amides is 1. The minimum atomic E-state index is 0.00625. The van der Waals surface area contributed by atoms with Crippen LogP contribution in [0.3, 0.4) is 0 Å². The van der Waals surface area contributed by atoms with Crippen LogP contribution in [0.2, 0.25) is 0 Å². The number of carbonyl (C=O) groups is 1. The van der Waals surface area contributed by atoms with Crippen molar-refractivity contribution >= 4 is 17.2 Å². The van der Waals surface area contributed by atoms with Crippen LogP contribution in [0.5, 0.6) is 0 Å². The number of hydrogen-bond donors (Lipinski definition) is 2. The van der Waals surface area contributed by atoms with Crippen molar-refractivity contribution in [1.82, 2.24) is 5.32 Å². The highest BCUT2D eigenvalue weighted by molar-refractivity contribution is 5.92. The summed E-state index contributed by atoms with van der Waals surface area (Å²) in [6.07, 6.45) is 3.26. The smallest absolute Gasteiger partial charge is 0.226 e. The van der Waals surface area contributed by atoms with Gasteiger partial charge in [0.25, 0.3) is 0 Å². The average molecular weight is 244 g/mol. The number of benzene rings is 1. The molecule has 1 aliphatic heterocycles. The van der Waals surface area contributed by atoms with Crippen molar-refractivity contribution in [2.24, 2.45) is 5.92 Å². The monoisotopic (exact) mass is 244 g/mol. The lowest BCUT2D eigenvalue weighted by atomic mass is 10.00. The third-order valence-electron chi connectivity index (χ3n) is 3.09. The standard InChI is InChI=1S/C15H20N2O/c1-11(2)15(18)17-14-5-3-4-13(10-14)12-6-8-16-9-7-12/h3-6,10-11,16H,7-9H2,1-2H3,(H,17,18). The molecule has 2 rings (SSSR count). The zero-order valence-electron chi connectivity index (χ0n) is 11.0. The highest BCUT2D eigenvalue weighted by Gasteiger charge is 2.09. The van der Waals surface area contributed by atoms with E-state index < -0.39 is 0 Å². The van der Waals surface area contributed by atoms with Gasteiger partial charge in [-0.3, -0.25) is 4.79 Å². The number of hydrogen-bond acceptors (Lipinski definition) is 2. The SMILES string of the molecule is CC(C)C(=O)Nc1cccc(C2=CCNCC2)c1. The normalized spacial score (nSPS) is 15.4. The largest absolute Gasteiger partial charge is 0.326 e. The van der Waals surface area contributed by atoms with E-state index >= 15 is 0 Å². The fourth-order valence-corrected chi connectivity index (χ4v) is 1.97. The highest BCUT2D eigenvalue weighted by Crippen LogP contribution is 2.22. The molecule has 1 aromatic rings. The van der Waals surface area contributed by atoms with Crippen molar-refractivity contribution in [3.8, 4) is 0 Å². The third-order valence-corrected chi connectivity index (χ3v) is 3.09. The summed E-state index contributed by atoms with van der Waals surface area (Å²) in [4.78, 5) is 11.7. The molecule has 96 valence electrons. The molecule has 0 atom stereocenters. The van der Waals surface area contributed by atoms with Crippen molar-refractivity contribution in [3.63, 3.8) is 0 Å². The molecule has 1 heterocycles. The van der Waals surface area contributed by atoms with Crippen LogP contribution in [0.4, 0.5) is 5.69 Å². The first-order chi connectivity index (χ1) is 8.66. The second-order valence-corrected chi connectivity index (χ2v) is 4.91. The average Bonchev–Trinajstić information content (AvgIpc) is 2.40. The fraction of sp³-hybridized carbons (Fsp3) is 0.400. The Morgan fingerprint density at radius 1 is 1.39 bits per heavy atom. The molecule has 0 saturated carbocycles. The van der Waals surface area contributed by atoms with Gasteiger partial charge in [0.15, 0.2) is 0 Å². The molecular weight excluding hydrogens is 224 g/mol. The quantitative estimate of drug-likeness (QED) is 0.858. The van der Waals surface area contributed by atoms with Crippen molar-refractivity contribution in [1.29, 1.82) is 0 Å². The molecule has 0 aliphatic carbocycles. The first kappa shape index (κ1) is 12.8. The molecule has 0 unspecified atom stereocenters. The second-order valence-electron chi connectivity index (χ2n) is 4.91. The lowest BCUT2D eigenvalue weighted by Crippen LogP contribution is -2.20. The van der Waals surface area contributed by atoms with Gasteiger partial charge in [0.1, 0.15) is 0 Å². The van der Waals surface area contributed by atoms with E-state index in [0.29, 0.717) is 0 Å². The molecule has 0 radical (unpaired) electrons. The molecule has 0 spiro atoms. The molecule has 0 saturated heterocycles. The Morgan fingerprint density at radius 2 is 2.22 bits per heavy atom. The predicted molar refractivity (Wildman–Crippen MR) is 75.4 cm³/mol. The Morgan fingerprint density at radius 3 is 2.89 bits per heavy atom. The topological polar surface area (TPSA) is 41.1 Å². The number of nitrogens with one attached hydrogen (secondary N) is 2. The van der Waals surface area contributed by atoms with Gasteiger partial charge >= 0.3 is 0 Å². The summed E-state index contributed by atoms with van der Waals surface area (Å²) < 4.78 is 0. The molecule has 3 heteroatoms. The summed E-state index contributed by atoms with van der Waals surface area (Å²) in [5, 5.41) is 6.24. The Balaban J connectivity index is 2.14. The molecule has 0 aromatic heterocycles. The molecule has 1 aromatic carbocycles.